The van der Waals surface area contributed by atoms with Gasteiger partial charge >= 0.3 is 0 Å². The number of amides is 1. The number of pyridine rings is 1. The molecule has 20 heavy (non-hydrogen) atoms. The topological polar surface area (TPSA) is 101 Å². The van der Waals surface area contributed by atoms with E-state index in [0.29, 0.717) is 11.3 Å². The first-order valence-electron chi connectivity index (χ1n) is 5.60. The summed E-state index contributed by atoms with van der Waals surface area (Å²) in [6, 6.07) is 7.48. The highest BCUT2D eigenvalue weighted by Gasteiger charge is 2.08. The van der Waals surface area contributed by atoms with Gasteiger partial charge in [-0.05, 0) is 18.2 Å². The van der Waals surface area contributed by atoms with Gasteiger partial charge in [-0.3, -0.25) is 9.78 Å². The van der Waals surface area contributed by atoms with E-state index in [2.05, 4.69) is 15.5 Å². The summed E-state index contributed by atoms with van der Waals surface area (Å²) in [7, 11) is 0. The predicted molar refractivity (Wildman–Crippen MR) is 71.1 cm³/mol. The summed E-state index contributed by atoms with van der Waals surface area (Å²) in [4.78, 5) is 15.5. The average molecular weight is 274 g/mol. The number of aromatic nitrogens is 1. The first-order chi connectivity index (χ1) is 9.60. The molecule has 4 N–H and O–H groups in total. The zero-order valence-corrected chi connectivity index (χ0v) is 10.2. The number of oxime groups is 1. The molecule has 0 aliphatic heterocycles. The Morgan fingerprint density at radius 1 is 1.30 bits per heavy atom. The number of nitrogens with one attached hydrogen (secondary N) is 1. The molecule has 7 heteroatoms. The number of nitrogens with zero attached hydrogens (tertiary/aromatic N) is 2. The molecule has 2 rings (SSSR count). The molecule has 1 aromatic heterocycles. The first-order valence-corrected chi connectivity index (χ1v) is 5.60. The molecule has 0 fully saturated rings. The van der Waals surface area contributed by atoms with Crippen molar-refractivity contribution in [3.63, 3.8) is 0 Å². The highest BCUT2D eigenvalue weighted by Crippen LogP contribution is 2.12. The largest absolute Gasteiger partial charge is 0.409 e. The van der Waals surface area contributed by atoms with Crippen LogP contribution >= 0.6 is 0 Å². The van der Waals surface area contributed by atoms with Crippen LogP contribution in [0.3, 0.4) is 0 Å². The molecule has 0 saturated carbocycles. The summed E-state index contributed by atoms with van der Waals surface area (Å²) in [6.07, 6.45) is 2.27. The summed E-state index contributed by atoms with van der Waals surface area (Å²) >= 11 is 0. The van der Waals surface area contributed by atoms with Crippen LogP contribution in [-0.2, 0) is 0 Å². The van der Waals surface area contributed by atoms with Crippen molar-refractivity contribution in [1.82, 2.24) is 4.98 Å². The molecule has 0 radical (unpaired) electrons. The van der Waals surface area contributed by atoms with Crippen LogP contribution in [0.4, 0.5) is 10.1 Å². The maximum atomic E-state index is 13.0. The summed E-state index contributed by atoms with van der Waals surface area (Å²) < 4.78 is 13.0. The maximum absolute atomic E-state index is 13.0. The fourth-order valence-electron chi connectivity index (χ4n) is 1.55. The summed E-state index contributed by atoms with van der Waals surface area (Å²) in [6.45, 7) is 0. The van der Waals surface area contributed by atoms with E-state index in [1.54, 1.807) is 18.2 Å². The summed E-state index contributed by atoms with van der Waals surface area (Å²) in [5.41, 5.74) is 6.43. The van der Waals surface area contributed by atoms with Crippen LogP contribution in [0.1, 0.15) is 15.9 Å². The van der Waals surface area contributed by atoms with Gasteiger partial charge < -0.3 is 16.3 Å². The van der Waals surface area contributed by atoms with Gasteiger partial charge in [0.05, 0.1) is 11.8 Å². The molecule has 0 unspecified atom stereocenters. The molecule has 1 amide bonds. The van der Waals surface area contributed by atoms with Gasteiger partial charge in [0, 0.05) is 17.4 Å². The molecule has 1 aromatic carbocycles. The standard InChI is InChI=1S/C13H11FN4O2/c14-10-4-9(6-16-7-10)13(19)17-11-3-1-2-8(5-11)12(15)18-20/h1-7,20H,(H2,15,18)(H,17,19). The predicted octanol–water partition coefficient (Wildman–Crippen LogP) is 1.57. The van der Waals surface area contributed by atoms with Crippen molar-refractivity contribution in [2.24, 2.45) is 10.9 Å². The minimum Gasteiger partial charge on any atom is -0.409 e. The number of nitrogens with two attached hydrogens (primary N) is 1. The van der Waals surface area contributed by atoms with Crippen molar-refractivity contribution in [3.05, 3.63) is 59.7 Å². The van der Waals surface area contributed by atoms with E-state index in [4.69, 9.17) is 10.9 Å². The Hall–Kier alpha value is -2.96. The van der Waals surface area contributed by atoms with Gasteiger partial charge in [-0.1, -0.05) is 17.3 Å². The Morgan fingerprint density at radius 3 is 2.80 bits per heavy atom. The molecule has 0 bridgehead atoms. The van der Waals surface area contributed by atoms with Crippen LogP contribution in [-0.4, -0.2) is 21.9 Å². The Morgan fingerprint density at radius 2 is 2.10 bits per heavy atom. The normalized spacial score (nSPS) is 11.2. The fourth-order valence-corrected chi connectivity index (χ4v) is 1.55. The molecular formula is C13H11FN4O2. The van der Waals surface area contributed by atoms with E-state index in [0.717, 1.165) is 12.3 Å². The molecule has 2 aromatic rings. The lowest BCUT2D eigenvalue weighted by Crippen LogP contribution is -2.15. The average Bonchev–Trinajstić information content (AvgIpc) is 2.46. The number of hydrogen-bond acceptors (Lipinski definition) is 4. The lowest BCUT2D eigenvalue weighted by molar-refractivity contribution is 0.102. The number of benzene rings is 1. The second-order valence-electron chi connectivity index (χ2n) is 3.91. The van der Waals surface area contributed by atoms with Gasteiger partial charge in [0.2, 0.25) is 0 Å². The molecule has 102 valence electrons. The van der Waals surface area contributed by atoms with Gasteiger partial charge in [-0.25, -0.2) is 4.39 Å². The first kappa shape index (κ1) is 13.5. The van der Waals surface area contributed by atoms with Crippen LogP contribution in [0.15, 0.2) is 47.9 Å². The third-order valence-corrected chi connectivity index (χ3v) is 2.49. The quantitative estimate of drug-likeness (QED) is 0.342. The van der Waals surface area contributed by atoms with E-state index in [9.17, 15) is 9.18 Å². The Balaban J connectivity index is 2.20. The molecular weight excluding hydrogens is 263 g/mol. The second-order valence-corrected chi connectivity index (χ2v) is 3.91. The number of carbonyl (C=O) groups excluding carboxylic acids is 1. The number of amidine groups is 1. The number of rotatable bonds is 3. The van der Waals surface area contributed by atoms with Crippen molar-refractivity contribution in [2.45, 2.75) is 0 Å². The summed E-state index contributed by atoms with van der Waals surface area (Å²) in [5, 5.41) is 14.0. The van der Waals surface area contributed by atoms with E-state index in [1.165, 1.54) is 12.3 Å². The number of carbonyl (C=O) groups is 1. The van der Waals surface area contributed by atoms with Crippen LogP contribution < -0.4 is 11.1 Å². The lowest BCUT2D eigenvalue weighted by atomic mass is 10.2. The lowest BCUT2D eigenvalue weighted by Gasteiger charge is -2.06. The fraction of sp³-hybridized carbons (Fsp3) is 0. The zero-order chi connectivity index (χ0) is 14.5. The zero-order valence-electron chi connectivity index (χ0n) is 10.2. The van der Waals surface area contributed by atoms with Gasteiger partial charge in [0.1, 0.15) is 5.82 Å². The van der Waals surface area contributed by atoms with E-state index in [1.807, 2.05) is 0 Å². The van der Waals surface area contributed by atoms with Crippen molar-refractivity contribution in [1.29, 1.82) is 0 Å². The molecule has 0 aliphatic carbocycles. The molecule has 0 atom stereocenters. The molecule has 6 nitrogen and oxygen atoms in total. The van der Waals surface area contributed by atoms with E-state index >= 15 is 0 Å². The molecule has 0 aliphatic rings. The second kappa shape index (κ2) is 5.79. The number of halogens is 1. The summed E-state index contributed by atoms with van der Waals surface area (Å²) in [5.74, 6) is -1.18. The van der Waals surface area contributed by atoms with Crippen LogP contribution in [0.2, 0.25) is 0 Å². The monoisotopic (exact) mass is 274 g/mol. The molecule has 0 spiro atoms. The SMILES string of the molecule is N/C(=N/O)c1cccc(NC(=O)c2cncc(F)c2)c1. The van der Waals surface area contributed by atoms with E-state index < -0.39 is 11.7 Å². The number of hydrogen-bond donors (Lipinski definition) is 3. The molecule has 1 heterocycles. The highest BCUT2D eigenvalue weighted by molar-refractivity contribution is 6.05. The minimum absolute atomic E-state index is 0.0754. The van der Waals surface area contributed by atoms with Crippen LogP contribution in [0.5, 0.6) is 0 Å². The van der Waals surface area contributed by atoms with Gasteiger partial charge in [0.25, 0.3) is 5.91 Å². The molecule has 0 saturated heterocycles. The van der Waals surface area contributed by atoms with Crippen molar-refractivity contribution < 1.29 is 14.4 Å². The minimum atomic E-state index is -0.594. The Labute approximate surface area is 113 Å². The number of anilines is 1. The smallest absolute Gasteiger partial charge is 0.257 e. The van der Waals surface area contributed by atoms with Crippen molar-refractivity contribution >= 4 is 17.4 Å². The highest BCUT2D eigenvalue weighted by atomic mass is 19.1. The third-order valence-electron chi connectivity index (χ3n) is 2.49. The third kappa shape index (κ3) is 3.08. The van der Waals surface area contributed by atoms with Crippen LogP contribution in [0, 0.1) is 5.82 Å². The van der Waals surface area contributed by atoms with Crippen molar-refractivity contribution in [2.75, 3.05) is 5.32 Å². The van der Waals surface area contributed by atoms with Crippen molar-refractivity contribution in [3.8, 4) is 0 Å². The van der Waals surface area contributed by atoms with Gasteiger partial charge in [-0.15, -0.1) is 0 Å². The Kier molecular flexibility index (Phi) is 3.90. The van der Waals surface area contributed by atoms with Gasteiger partial charge in [0.15, 0.2) is 5.84 Å². The van der Waals surface area contributed by atoms with E-state index in [-0.39, 0.29) is 11.4 Å². The van der Waals surface area contributed by atoms with Gasteiger partial charge in [-0.2, -0.15) is 0 Å². The Bertz CT molecular complexity index is 673. The maximum Gasteiger partial charge on any atom is 0.257 e. The van der Waals surface area contributed by atoms with Crippen LogP contribution in [0.25, 0.3) is 0 Å².